The SMILES string of the molecule is CN[C@H](CC(C)C)C(=O)N[C@H]1C(=O)C[C@@H](CC(N)=O)C(=O)N[C@H]2C(=NC#N)C[C@@H]3C(=O)N[C@H](C(=O)N[C@H](CO)c4cc(O)cc(O)c4-c4cc3ccc4O)[C@H](O)c3ccc(c(Cl)c3)Oc3cc2cc(c3O)Oc2ccc(cc2Cl)[C@H]1O. The summed E-state index contributed by atoms with van der Waals surface area (Å²) in [5.74, 6) is -13.0. The van der Waals surface area contributed by atoms with Crippen molar-refractivity contribution in [2.45, 2.75) is 87.9 Å². The molecule has 14 N–H and O–H groups in total. The van der Waals surface area contributed by atoms with Crippen molar-refractivity contribution in [2.24, 2.45) is 22.6 Å². The molecule has 10 rings (SSSR count). The van der Waals surface area contributed by atoms with Gasteiger partial charge in [0.2, 0.25) is 41.5 Å². The minimum absolute atomic E-state index is 0.00623. The number of halogens is 2. The van der Waals surface area contributed by atoms with Gasteiger partial charge < -0.3 is 77.5 Å². The first-order chi connectivity index (χ1) is 38.5. The fraction of sp³-hybridized carbons (Fsp3) is 0.321. The third kappa shape index (κ3) is 12.6. The summed E-state index contributed by atoms with van der Waals surface area (Å²) >= 11 is 13.6. The summed E-state index contributed by atoms with van der Waals surface area (Å²) in [6.45, 7) is 2.85. The van der Waals surface area contributed by atoms with Crippen LogP contribution in [-0.4, -0.2) is 109 Å². The molecular formula is C56H56Cl2N8O15. The molecule has 0 radical (unpaired) electrons. The number of hydrogen-bond acceptors (Lipinski definition) is 18. The zero-order valence-electron chi connectivity index (χ0n) is 43.4. The summed E-state index contributed by atoms with van der Waals surface area (Å²) < 4.78 is 12.5. The fourth-order valence-electron chi connectivity index (χ4n) is 10.1. The highest BCUT2D eigenvalue weighted by atomic mass is 35.5. The van der Waals surface area contributed by atoms with Crippen LogP contribution in [0.4, 0.5) is 0 Å². The highest BCUT2D eigenvalue weighted by molar-refractivity contribution is 6.32. The van der Waals surface area contributed by atoms with E-state index in [1.165, 1.54) is 67.7 Å². The summed E-state index contributed by atoms with van der Waals surface area (Å²) in [6.07, 6.45) is -4.23. The van der Waals surface area contributed by atoms with Gasteiger partial charge in [-0.3, -0.25) is 28.8 Å². The molecule has 5 aliphatic rings. The number of phenols is 4. The molecule has 0 fully saturated rings. The van der Waals surface area contributed by atoms with Gasteiger partial charge in [-0.1, -0.05) is 55.2 Å². The number of Topliss-reactive ketones (excluding diaryl/α,β-unsaturated/α-hetero) is 1. The Kier molecular flexibility index (Phi) is 17.7. The van der Waals surface area contributed by atoms with Gasteiger partial charge in [-0.15, -0.1) is 0 Å². The molecule has 5 heterocycles. The third-order valence-electron chi connectivity index (χ3n) is 14.2. The number of likely N-dealkylation sites (N-methyl/N-ethyl adjacent to an activating group) is 1. The third-order valence-corrected chi connectivity index (χ3v) is 14.8. The number of carbonyl (C=O) groups excluding carboxylic acids is 6. The number of hydrogen-bond donors (Lipinski definition) is 13. The van der Waals surface area contributed by atoms with E-state index in [4.69, 9.17) is 38.4 Å². The van der Waals surface area contributed by atoms with Crippen molar-refractivity contribution in [1.29, 1.82) is 5.26 Å². The second-order valence-corrected chi connectivity index (χ2v) is 21.0. The summed E-state index contributed by atoms with van der Waals surface area (Å²) in [4.78, 5) is 90.5. The molecule has 0 unspecified atom stereocenters. The second kappa shape index (κ2) is 24.5. The Morgan fingerprint density at radius 1 is 0.778 bits per heavy atom. The van der Waals surface area contributed by atoms with Gasteiger partial charge >= 0.3 is 0 Å². The van der Waals surface area contributed by atoms with E-state index in [1.807, 2.05) is 13.8 Å². The molecule has 0 aliphatic carbocycles. The van der Waals surface area contributed by atoms with Gasteiger partial charge in [0.15, 0.2) is 17.3 Å². The maximum Gasteiger partial charge on any atom is 0.246 e. The van der Waals surface area contributed by atoms with Crippen LogP contribution >= 0.6 is 23.2 Å². The van der Waals surface area contributed by atoms with E-state index in [9.17, 15) is 60.2 Å². The highest BCUT2D eigenvalue weighted by Crippen LogP contribution is 2.48. The van der Waals surface area contributed by atoms with Crippen molar-refractivity contribution in [1.82, 2.24) is 26.6 Å². The largest absolute Gasteiger partial charge is 0.508 e. The zero-order valence-corrected chi connectivity index (χ0v) is 45.0. The summed E-state index contributed by atoms with van der Waals surface area (Å²) in [6, 6.07) is 7.83. The Hall–Kier alpha value is -8.50. The molecule has 11 bridgehead atoms. The molecule has 5 amide bonds. The van der Waals surface area contributed by atoms with Crippen LogP contribution in [0.25, 0.3) is 11.1 Å². The number of carbonyl (C=O) groups is 6. The molecule has 81 heavy (non-hydrogen) atoms. The molecule has 0 aromatic heterocycles. The molecular weight excluding hydrogens is 1100 g/mol. The number of primary amides is 1. The van der Waals surface area contributed by atoms with Crippen LogP contribution in [0.15, 0.2) is 83.9 Å². The van der Waals surface area contributed by atoms with Gasteiger partial charge in [0.1, 0.15) is 53.0 Å². The number of aliphatic hydroxyl groups excluding tert-OH is 3. The number of nitrogens with one attached hydrogen (secondary N) is 5. The lowest BCUT2D eigenvalue weighted by Gasteiger charge is -2.31. The number of nitrogens with two attached hydrogens (primary N) is 1. The molecule has 0 spiro atoms. The number of benzene rings is 5. The van der Waals surface area contributed by atoms with Crippen molar-refractivity contribution in [3.05, 3.63) is 117 Å². The molecule has 5 aromatic carbocycles. The van der Waals surface area contributed by atoms with Gasteiger partial charge in [0.05, 0.1) is 52.3 Å². The average molecular weight is 1150 g/mol. The number of ether oxygens (including phenoxy) is 2. The predicted octanol–water partition coefficient (Wildman–Crippen LogP) is 4.63. The molecule has 0 saturated carbocycles. The standard InChI is InChI=1S/C56H56Cl2N8O15/c1-23(2)10-36(61-3)55(78)65-48-40(71)14-28(17-45(60)72)53(76)64-47-27-15-43(80-41-8-5-25(50(48)73)12-33(41)57)52(75)44(16-27)81-42-9-6-26(13-34(42)58)51(74)49-56(79)63-37(21-67)31-18-29(68)19-39(70)46(31)32-11-24(4-7-38(32)69)30(54(77)66-49)20-35(47)62-22-59/h4-9,11-13,15-16,18-19,23,28,30,36-37,47-51,61,67-70,73-75H,10,14,17,20-21H2,1-3H3,(H2,60,72)(H,63,79)(H,64,76)(H,65,78)(H,66,77)/t28-,30-,36+,37+,47+,48-,49-,50+,51+/m0/s1. The van der Waals surface area contributed by atoms with Crippen molar-refractivity contribution in [3.8, 4) is 63.3 Å². The smallest absolute Gasteiger partial charge is 0.246 e. The van der Waals surface area contributed by atoms with Crippen LogP contribution in [-0.2, 0) is 28.8 Å². The first-order valence-corrected chi connectivity index (χ1v) is 26.1. The van der Waals surface area contributed by atoms with Crippen LogP contribution in [0.1, 0.15) is 97.6 Å². The van der Waals surface area contributed by atoms with Gasteiger partial charge in [-0.05, 0) is 102 Å². The number of rotatable bonds is 8. The lowest BCUT2D eigenvalue weighted by molar-refractivity contribution is -0.136. The lowest BCUT2D eigenvalue weighted by Crippen LogP contribution is -2.53. The molecule has 424 valence electrons. The number of nitriles is 1. The monoisotopic (exact) mass is 1150 g/mol. The predicted molar refractivity (Wildman–Crippen MR) is 290 cm³/mol. The number of nitrogens with zero attached hydrogens (tertiary/aromatic N) is 2. The number of fused-ring (bicyclic) bond motifs is 15. The molecule has 25 heteroatoms. The first-order valence-electron chi connectivity index (χ1n) is 25.3. The van der Waals surface area contributed by atoms with Crippen LogP contribution in [0.5, 0.6) is 46.0 Å². The molecule has 23 nitrogen and oxygen atoms in total. The van der Waals surface area contributed by atoms with Crippen molar-refractivity contribution in [2.75, 3.05) is 13.7 Å². The maximum absolute atomic E-state index is 15.3. The number of ketones is 1. The minimum Gasteiger partial charge on any atom is -0.508 e. The van der Waals surface area contributed by atoms with E-state index >= 15 is 9.59 Å². The molecule has 5 aliphatic heterocycles. The number of aliphatic hydroxyl groups is 3. The Labute approximate surface area is 472 Å². The van der Waals surface area contributed by atoms with Crippen molar-refractivity contribution < 1.29 is 74.0 Å². The quantitative estimate of drug-likeness (QED) is 0.0942. The van der Waals surface area contributed by atoms with E-state index in [-0.39, 0.29) is 66.4 Å². The van der Waals surface area contributed by atoms with Crippen LogP contribution < -0.4 is 41.8 Å². The molecule has 5 aromatic rings. The topological polar surface area (TPSA) is 385 Å². The van der Waals surface area contributed by atoms with Crippen LogP contribution in [0.3, 0.4) is 0 Å². The van der Waals surface area contributed by atoms with Gasteiger partial charge in [0.25, 0.3) is 0 Å². The Bertz CT molecular complexity index is 3430. The number of aliphatic imine (C=N–C) groups is 1. The zero-order chi connectivity index (χ0) is 58.7. The maximum atomic E-state index is 15.3. The number of phenolic OH excluding ortho intramolecular Hbond substituents is 4. The van der Waals surface area contributed by atoms with Gasteiger partial charge in [-0.25, -0.2) is 0 Å². The number of amides is 5. The Morgan fingerprint density at radius 3 is 1.99 bits per heavy atom. The second-order valence-electron chi connectivity index (χ2n) is 20.2. The van der Waals surface area contributed by atoms with Crippen molar-refractivity contribution in [3.63, 3.8) is 0 Å². The minimum atomic E-state index is -1.97. The van der Waals surface area contributed by atoms with Crippen molar-refractivity contribution >= 4 is 64.2 Å². The average Bonchev–Trinajstić information content (AvgIpc) is 3.62. The summed E-state index contributed by atoms with van der Waals surface area (Å²) in [5.41, 5.74) is 4.55. The van der Waals surface area contributed by atoms with Gasteiger partial charge in [-0.2, -0.15) is 10.3 Å². The van der Waals surface area contributed by atoms with E-state index < -0.39 is 156 Å². The van der Waals surface area contributed by atoms with E-state index in [0.29, 0.717) is 6.42 Å². The Morgan fingerprint density at radius 2 is 1.41 bits per heavy atom. The van der Waals surface area contributed by atoms with Crippen LogP contribution in [0.2, 0.25) is 10.0 Å². The fourth-order valence-corrected chi connectivity index (χ4v) is 10.5. The summed E-state index contributed by atoms with van der Waals surface area (Å²) in [5, 5.41) is 104. The van der Waals surface area contributed by atoms with Gasteiger partial charge in [0, 0.05) is 36.5 Å². The lowest BCUT2D eigenvalue weighted by atomic mass is 9.84. The summed E-state index contributed by atoms with van der Waals surface area (Å²) in [7, 11) is 1.53. The van der Waals surface area contributed by atoms with E-state index in [0.717, 1.165) is 18.2 Å². The highest BCUT2D eigenvalue weighted by Gasteiger charge is 2.41. The van der Waals surface area contributed by atoms with E-state index in [1.54, 1.807) is 6.19 Å². The normalized spacial score (nSPS) is 22.9. The Balaban J connectivity index is 1.39. The first kappa shape index (κ1) is 58.6. The molecule has 0 saturated heterocycles. The molecule has 9 atom stereocenters. The van der Waals surface area contributed by atoms with E-state index in [2.05, 4.69) is 31.6 Å². The van der Waals surface area contributed by atoms with Crippen LogP contribution in [0, 0.1) is 23.3 Å². The number of aromatic hydroxyl groups is 4.